The SMILES string of the molecule is CC(OC(=O)c1cc(-c2ccco2)nc2ccccc12)C(=O)Nc1nc(-c2ccccc2)cs1. The number of nitrogens with one attached hydrogen (secondary N) is 1. The van der Waals surface area contributed by atoms with Gasteiger partial charge in [-0.05, 0) is 31.2 Å². The smallest absolute Gasteiger partial charge is 0.339 e. The van der Waals surface area contributed by atoms with E-state index in [0.29, 0.717) is 33.1 Å². The van der Waals surface area contributed by atoms with Crippen LogP contribution in [0.25, 0.3) is 33.6 Å². The molecule has 1 amide bonds. The number of hydrogen-bond acceptors (Lipinski definition) is 7. The first-order valence-corrected chi connectivity index (χ1v) is 11.4. The van der Waals surface area contributed by atoms with E-state index in [9.17, 15) is 9.59 Å². The Morgan fingerprint density at radius 3 is 2.56 bits per heavy atom. The number of pyridine rings is 1. The van der Waals surface area contributed by atoms with Crippen molar-refractivity contribution < 1.29 is 18.7 Å². The summed E-state index contributed by atoms with van der Waals surface area (Å²) in [6, 6.07) is 22.0. The average Bonchev–Trinajstić information content (AvgIpc) is 3.56. The molecule has 0 radical (unpaired) electrons. The number of benzene rings is 2. The molecule has 0 saturated heterocycles. The number of carbonyl (C=O) groups excluding carboxylic acids is 2. The molecule has 0 aliphatic carbocycles. The fraction of sp³-hybridized carbons (Fsp3) is 0.0769. The second-order valence-corrected chi connectivity index (χ2v) is 8.35. The molecule has 1 N–H and O–H groups in total. The number of aromatic nitrogens is 2. The summed E-state index contributed by atoms with van der Waals surface area (Å²) in [5, 5.41) is 5.64. The van der Waals surface area contributed by atoms with Crippen molar-refractivity contribution in [3.63, 3.8) is 0 Å². The normalized spacial score (nSPS) is 11.8. The molecular formula is C26H19N3O4S. The van der Waals surface area contributed by atoms with Gasteiger partial charge in [-0.25, -0.2) is 14.8 Å². The maximum atomic E-state index is 13.1. The highest BCUT2D eigenvalue weighted by Gasteiger charge is 2.23. The first-order valence-electron chi connectivity index (χ1n) is 10.5. The van der Waals surface area contributed by atoms with Crippen LogP contribution in [0.3, 0.4) is 0 Å². The molecule has 3 aromatic heterocycles. The van der Waals surface area contributed by atoms with Gasteiger partial charge in [-0.3, -0.25) is 10.1 Å². The first kappa shape index (κ1) is 21.5. The minimum atomic E-state index is -1.03. The highest BCUT2D eigenvalue weighted by molar-refractivity contribution is 7.14. The Bertz CT molecular complexity index is 1460. The third kappa shape index (κ3) is 4.44. The summed E-state index contributed by atoms with van der Waals surface area (Å²) in [5.41, 5.74) is 3.15. The quantitative estimate of drug-likeness (QED) is 0.316. The molecule has 5 aromatic rings. The lowest BCUT2D eigenvalue weighted by atomic mass is 10.1. The summed E-state index contributed by atoms with van der Waals surface area (Å²) in [5.74, 6) is -0.561. The standard InChI is InChI=1S/C26H19N3O4S/c1-16(24(30)29-26-28-22(15-34-26)17-8-3-2-4-9-17)33-25(31)19-14-21(23-12-7-13-32-23)27-20-11-6-5-10-18(19)20/h2-16H,1H3,(H,28,29,30). The Labute approximate surface area is 199 Å². The monoisotopic (exact) mass is 469 g/mol. The van der Waals surface area contributed by atoms with Crippen LogP contribution < -0.4 is 5.32 Å². The summed E-state index contributed by atoms with van der Waals surface area (Å²) in [6.07, 6.45) is 0.508. The predicted octanol–water partition coefficient (Wildman–Crippen LogP) is 5.80. The van der Waals surface area contributed by atoms with Crippen molar-refractivity contribution in [3.8, 4) is 22.7 Å². The number of fused-ring (bicyclic) bond motifs is 1. The van der Waals surface area contributed by atoms with Gasteiger partial charge in [-0.2, -0.15) is 0 Å². The van der Waals surface area contributed by atoms with E-state index in [-0.39, 0.29) is 0 Å². The van der Waals surface area contributed by atoms with E-state index in [4.69, 9.17) is 9.15 Å². The molecule has 0 spiro atoms. The van der Waals surface area contributed by atoms with Gasteiger partial charge < -0.3 is 9.15 Å². The third-order valence-electron chi connectivity index (χ3n) is 5.17. The summed E-state index contributed by atoms with van der Waals surface area (Å²) >= 11 is 1.31. The largest absolute Gasteiger partial charge is 0.463 e. The van der Waals surface area contributed by atoms with E-state index in [1.54, 1.807) is 30.5 Å². The van der Waals surface area contributed by atoms with E-state index in [0.717, 1.165) is 11.3 Å². The maximum Gasteiger partial charge on any atom is 0.339 e. The average molecular weight is 470 g/mol. The molecule has 168 valence electrons. The molecule has 1 unspecified atom stereocenters. The Balaban J connectivity index is 1.33. The second kappa shape index (κ2) is 9.29. The van der Waals surface area contributed by atoms with Gasteiger partial charge in [0.1, 0.15) is 5.69 Å². The third-order valence-corrected chi connectivity index (χ3v) is 5.92. The number of anilines is 1. The molecule has 2 aromatic carbocycles. The fourth-order valence-corrected chi connectivity index (χ4v) is 4.17. The molecule has 0 fully saturated rings. The van der Waals surface area contributed by atoms with E-state index < -0.39 is 18.0 Å². The lowest BCUT2D eigenvalue weighted by Crippen LogP contribution is -2.30. The summed E-state index contributed by atoms with van der Waals surface area (Å²) < 4.78 is 10.9. The Morgan fingerprint density at radius 1 is 0.971 bits per heavy atom. The number of para-hydroxylation sites is 1. The molecule has 34 heavy (non-hydrogen) atoms. The number of esters is 1. The van der Waals surface area contributed by atoms with Crippen LogP contribution in [-0.4, -0.2) is 27.9 Å². The fourth-order valence-electron chi connectivity index (χ4n) is 3.45. The first-order chi connectivity index (χ1) is 16.6. The van der Waals surface area contributed by atoms with Crippen LogP contribution in [0.2, 0.25) is 0 Å². The number of nitrogens with zero attached hydrogens (tertiary/aromatic N) is 2. The molecule has 0 aliphatic rings. The van der Waals surface area contributed by atoms with Gasteiger partial charge in [-0.1, -0.05) is 48.5 Å². The topological polar surface area (TPSA) is 94.3 Å². The van der Waals surface area contributed by atoms with Crippen LogP contribution in [-0.2, 0) is 9.53 Å². The van der Waals surface area contributed by atoms with E-state index in [1.807, 2.05) is 53.9 Å². The van der Waals surface area contributed by atoms with Crippen molar-refractivity contribution >= 4 is 39.2 Å². The molecule has 8 heteroatoms. The van der Waals surface area contributed by atoms with E-state index >= 15 is 0 Å². The van der Waals surface area contributed by atoms with Gasteiger partial charge in [0.2, 0.25) is 0 Å². The van der Waals surface area contributed by atoms with Gasteiger partial charge in [0.25, 0.3) is 5.91 Å². The zero-order chi connectivity index (χ0) is 23.5. The number of carbonyl (C=O) groups is 2. The summed E-state index contributed by atoms with van der Waals surface area (Å²) in [4.78, 5) is 34.8. The molecule has 7 nitrogen and oxygen atoms in total. The number of amides is 1. The number of ether oxygens (including phenoxy) is 1. The van der Waals surface area contributed by atoms with Crippen molar-refractivity contribution in [2.75, 3.05) is 5.32 Å². The predicted molar refractivity (Wildman–Crippen MR) is 131 cm³/mol. The Hall–Kier alpha value is -4.30. The van der Waals surface area contributed by atoms with E-state index in [1.165, 1.54) is 18.3 Å². The Kier molecular flexibility index (Phi) is 5.88. The van der Waals surface area contributed by atoms with Gasteiger partial charge in [0, 0.05) is 16.3 Å². The maximum absolute atomic E-state index is 13.1. The van der Waals surface area contributed by atoms with Crippen molar-refractivity contribution in [3.05, 3.63) is 90.0 Å². The molecule has 5 rings (SSSR count). The van der Waals surface area contributed by atoms with Crippen molar-refractivity contribution in [2.45, 2.75) is 13.0 Å². The van der Waals surface area contributed by atoms with Gasteiger partial charge in [-0.15, -0.1) is 11.3 Å². The van der Waals surface area contributed by atoms with Gasteiger partial charge >= 0.3 is 5.97 Å². The summed E-state index contributed by atoms with van der Waals surface area (Å²) in [6.45, 7) is 1.52. The molecule has 0 bridgehead atoms. The number of thiazole rings is 1. The van der Waals surface area contributed by atoms with Gasteiger partial charge in [0.15, 0.2) is 17.0 Å². The Morgan fingerprint density at radius 2 is 1.76 bits per heavy atom. The highest BCUT2D eigenvalue weighted by Crippen LogP contribution is 2.27. The molecule has 0 aliphatic heterocycles. The number of hydrogen-bond donors (Lipinski definition) is 1. The van der Waals surface area contributed by atoms with Crippen molar-refractivity contribution in [1.82, 2.24) is 9.97 Å². The number of furan rings is 1. The van der Waals surface area contributed by atoms with Crippen LogP contribution >= 0.6 is 11.3 Å². The minimum Gasteiger partial charge on any atom is -0.463 e. The molecule has 0 saturated carbocycles. The lowest BCUT2D eigenvalue weighted by Gasteiger charge is -2.14. The zero-order valence-electron chi connectivity index (χ0n) is 18.1. The van der Waals surface area contributed by atoms with Crippen LogP contribution in [0.4, 0.5) is 5.13 Å². The summed E-state index contributed by atoms with van der Waals surface area (Å²) in [7, 11) is 0. The number of rotatable bonds is 6. The van der Waals surface area contributed by atoms with Crippen LogP contribution in [0.1, 0.15) is 17.3 Å². The van der Waals surface area contributed by atoms with Crippen LogP contribution in [0.15, 0.2) is 88.9 Å². The lowest BCUT2D eigenvalue weighted by molar-refractivity contribution is -0.123. The second-order valence-electron chi connectivity index (χ2n) is 7.49. The molecule has 3 heterocycles. The van der Waals surface area contributed by atoms with Crippen molar-refractivity contribution in [1.29, 1.82) is 0 Å². The van der Waals surface area contributed by atoms with Gasteiger partial charge in [0.05, 0.1) is 23.0 Å². The van der Waals surface area contributed by atoms with Crippen molar-refractivity contribution in [2.24, 2.45) is 0 Å². The highest BCUT2D eigenvalue weighted by atomic mass is 32.1. The van der Waals surface area contributed by atoms with Crippen LogP contribution in [0, 0.1) is 0 Å². The molecular weight excluding hydrogens is 450 g/mol. The molecule has 1 atom stereocenters. The minimum absolute atomic E-state index is 0.303. The van der Waals surface area contributed by atoms with E-state index in [2.05, 4.69) is 15.3 Å². The zero-order valence-corrected chi connectivity index (χ0v) is 18.9. The van der Waals surface area contributed by atoms with Crippen LogP contribution in [0.5, 0.6) is 0 Å².